The van der Waals surface area contributed by atoms with Crippen LogP contribution in [0.4, 0.5) is 0 Å². The molecule has 34 heavy (non-hydrogen) atoms. The molecular formula is C23H56O8Si3. The Morgan fingerprint density at radius 2 is 1.06 bits per heavy atom. The van der Waals surface area contributed by atoms with Gasteiger partial charge in [0.05, 0.1) is 0 Å². The van der Waals surface area contributed by atoms with E-state index in [9.17, 15) is 4.79 Å². The second-order valence-electron chi connectivity index (χ2n) is 9.06. The van der Waals surface area contributed by atoms with Crippen molar-refractivity contribution in [2.75, 3.05) is 55.4 Å². The minimum Gasteiger partial charge on any atom is -0.398 e. The Kier molecular flexibility index (Phi) is 29.6. The van der Waals surface area contributed by atoms with Gasteiger partial charge >= 0.3 is 17.6 Å². The van der Waals surface area contributed by atoms with Crippen molar-refractivity contribution in [1.29, 1.82) is 0 Å². The van der Waals surface area contributed by atoms with Gasteiger partial charge in [0, 0.05) is 70.6 Å². The lowest BCUT2D eigenvalue weighted by atomic mass is 10.1. The maximum absolute atomic E-state index is 10.4. The number of unbranched alkanes of at least 4 members (excludes halogenated alkanes) is 5. The lowest BCUT2D eigenvalue weighted by molar-refractivity contribution is -0.117. The van der Waals surface area contributed by atoms with Crippen LogP contribution in [0.15, 0.2) is 0 Å². The highest BCUT2D eigenvalue weighted by atomic mass is 28.4. The van der Waals surface area contributed by atoms with Crippen LogP contribution >= 0.6 is 0 Å². The van der Waals surface area contributed by atoms with Crippen molar-refractivity contribution in [1.82, 2.24) is 0 Å². The molecule has 0 amide bonds. The van der Waals surface area contributed by atoms with Gasteiger partial charge in [-0.3, -0.25) is 0 Å². The summed E-state index contributed by atoms with van der Waals surface area (Å²) in [7, 11) is 3.17. The molecule has 0 saturated carbocycles. The molecule has 0 heterocycles. The molecule has 11 heteroatoms. The van der Waals surface area contributed by atoms with Crippen LogP contribution in [0.1, 0.15) is 58.3 Å². The minimum absolute atomic E-state index is 0.139. The van der Waals surface area contributed by atoms with Gasteiger partial charge in [0.1, 0.15) is 5.78 Å². The first-order valence-electron chi connectivity index (χ1n) is 12.4. The molecule has 0 unspecified atom stereocenters. The van der Waals surface area contributed by atoms with Gasteiger partial charge in [-0.15, -0.1) is 0 Å². The molecule has 0 aliphatic carbocycles. The normalized spacial score (nSPS) is 11.5. The van der Waals surface area contributed by atoms with Crippen LogP contribution in [0.5, 0.6) is 0 Å². The highest BCUT2D eigenvalue weighted by Crippen LogP contribution is 2.11. The molecule has 208 valence electrons. The third-order valence-electron chi connectivity index (χ3n) is 4.39. The summed E-state index contributed by atoms with van der Waals surface area (Å²) in [5.41, 5.74) is 0. The summed E-state index contributed by atoms with van der Waals surface area (Å²) in [6.45, 7) is 14.8. The molecule has 0 aliphatic rings. The number of carbonyl (C=O) groups is 1. The van der Waals surface area contributed by atoms with Crippen LogP contribution in [0, 0.1) is 0 Å². The molecule has 0 aromatic rings. The molecule has 0 bridgehead atoms. The number of ether oxygens (including phenoxy) is 1. The monoisotopic (exact) mass is 544 g/mol. The second kappa shape index (κ2) is 26.1. The molecule has 0 aliphatic heterocycles. The smallest absolute Gasteiger partial charge is 0.398 e. The van der Waals surface area contributed by atoms with Crippen LogP contribution in [0.2, 0.25) is 32.7 Å². The largest absolute Gasteiger partial charge is 0.678 e. The number of hydrogen-bond acceptors (Lipinski definition) is 8. The van der Waals surface area contributed by atoms with E-state index in [1.807, 2.05) is 13.1 Å². The molecule has 0 spiro atoms. The van der Waals surface area contributed by atoms with E-state index in [1.165, 1.54) is 21.3 Å². The van der Waals surface area contributed by atoms with Crippen molar-refractivity contribution in [3.05, 3.63) is 0 Å². The predicted octanol–water partition coefficient (Wildman–Crippen LogP) is 5.19. The first-order valence-corrected chi connectivity index (χ1v) is 20.3. The van der Waals surface area contributed by atoms with E-state index in [1.54, 1.807) is 21.1 Å². The molecule has 8 nitrogen and oxygen atoms in total. The summed E-state index contributed by atoms with van der Waals surface area (Å²) in [6, 6.07) is 0. The number of ketones is 1. The van der Waals surface area contributed by atoms with Crippen molar-refractivity contribution in [3.8, 4) is 0 Å². The van der Waals surface area contributed by atoms with Crippen LogP contribution in [-0.4, -0.2) is 87.6 Å². The summed E-state index contributed by atoms with van der Waals surface area (Å²) in [5, 5.41) is 0. The molecule has 0 fully saturated rings. The summed E-state index contributed by atoms with van der Waals surface area (Å²) < 4.78 is 37.0. The van der Waals surface area contributed by atoms with Gasteiger partial charge in [0.25, 0.3) is 0 Å². The van der Waals surface area contributed by atoms with Gasteiger partial charge in [-0.25, -0.2) is 0 Å². The van der Waals surface area contributed by atoms with E-state index < -0.39 is 17.6 Å². The topological polar surface area (TPSA) is 81.7 Å². The zero-order valence-electron chi connectivity index (χ0n) is 24.1. The summed E-state index contributed by atoms with van der Waals surface area (Å²) in [5.74, 6) is 0.289. The van der Waals surface area contributed by atoms with Crippen molar-refractivity contribution >= 4 is 32.2 Å². The first-order chi connectivity index (χ1) is 16.0. The summed E-state index contributed by atoms with van der Waals surface area (Å²) >= 11 is 0. The summed E-state index contributed by atoms with van der Waals surface area (Å²) in [4.78, 5) is 10.4. The molecule has 0 radical (unpaired) electrons. The lowest BCUT2D eigenvalue weighted by Crippen LogP contribution is -2.46. The van der Waals surface area contributed by atoms with E-state index in [2.05, 4.69) is 19.6 Å². The molecule has 0 aromatic carbocycles. The number of carbonyl (C=O) groups excluding carboxylic acids is 1. The van der Waals surface area contributed by atoms with E-state index in [4.69, 9.17) is 31.3 Å². The zero-order valence-corrected chi connectivity index (χ0v) is 27.3. The molecule has 0 N–H and O–H groups in total. The quantitative estimate of drug-likeness (QED) is 0.162. The van der Waals surface area contributed by atoms with E-state index in [0.29, 0.717) is 6.61 Å². The van der Waals surface area contributed by atoms with Crippen LogP contribution in [0.3, 0.4) is 0 Å². The number of Topliss-reactive ketones (excluding diaryl/α,β-unsaturated/α-hetero) is 1. The molecule has 0 aromatic heterocycles. The summed E-state index contributed by atoms with van der Waals surface area (Å²) in [6.07, 6.45) is 8.11. The highest BCUT2D eigenvalue weighted by Gasteiger charge is 2.41. The Labute approximate surface area is 214 Å². The van der Waals surface area contributed by atoms with E-state index >= 15 is 0 Å². The minimum atomic E-state index is -2.86. The Balaban J connectivity index is -0.000000568. The van der Waals surface area contributed by atoms with Gasteiger partial charge in [0.15, 0.2) is 0 Å². The van der Waals surface area contributed by atoms with Crippen LogP contribution in [-0.2, 0) is 36.1 Å². The fourth-order valence-electron chi connectivity index (χ4n) is 2.36. The van der Waals surface area contributed by atoms with Gasteiger partial charge in [0.2, 0.25) is 0 Å². The molecule has 0 atom stereocenters. The van der Waals surface area contributed by atoms with Crippen molar-refractivity contribution in [2.24, 2.45) is 0 Å². The second-order valence-corrected chi connectivity index (χ2v) is 18.5. The maximum Gasteiger partial charge on any atom is 0.678 e. The third kappa shape index (κ3) is 30.1. The van der Waals surface area contributed by atoms with Crippen molar-refractivity contribution < 1.29 is 36.1 Å². The Bertz CT molecular complexity index is 425. The van der Waals surface area contributed by atoms with Gasteiger partial charge in [-0.2, -0.15) is 0 Å². The maximum atomic E-state index is 10.4. The van der Waals surface area contributed by atoms with Crippen LogP contribution in [0.25, 0.3) is 0 Å². The standard InChI is InChI=1S/C12H30O6Si2.C8H16O2.C3H10Si/c1-13-19(5,6)17-11-9-7-8-10-12-18-20(14-2,15-3)16-4;1-8(9)6-4-3-5-7-10-2;1-4(2)3/h7-12H2,1-6H3;3-7H2,1-2H3;4H,1-3H3. The predicted molar refractivity (Wildman–Crippen MR) is 147 cm³/mol. The van der Waals surface area contributed by atoms with Gasteiger partial charge in [-0.1, -0.05) is 38.9 Å². The molecule has 0 saturated heterocycles. The Morgan fingerprint density at radius 1 is 0.647 bits per heavy atom. The molecule has 0 rings (SSSR count). The van der Waals surface area contributed by atoms with E-state index in [-0.39, 0.29) is 14.6 Å². The SMILES string of the molecule is COCCCCCC(C)=O.CO[Si](C)(C)OCCCCCCO[Si](OC)(OC)OC.C[SiH](C)C. The van der Waals surface area contributed by atoms with Crippen molar-refractivity contribution in [2.45, 2.75) is 91.0 Å². The van der Waals surface area contributed by atoms with E-state index in [0.717, 1.165) is 64.6 Å². The number of hydrogen-bond donors (Lipinski definition) is 0. The lowest BCUT2D eigenvalue weighted by Gasteiger charge is -2.22. The third-order valence-corrected chi connectivity index (χ3v) is 8.33. The average molecular weight is 545 g/mol. The van der Waals surface area contributed by atoms with Gasteiger partial charge < -0.3 is 36.1 Å². The fourth-order valence-corrected chi connectivity index (χ4v) is 4.36. The van der Waals surface area contributed by atoms with Gasteiger partial charge in [-0.05, 0) is 45.7 Å². The number of rotatable bonds is 19. The fraction of sp³-hybridized carbons (Fsp3) is 0.957. The zero-order chi connectivity index (χ0) is 26.9. The van der Waals surface area contributed by atoms with Crippen LogP contribution < -0.4 is 0 Å². The first kappa shape index (κ1) is 38.6. The van der Waals surface area contributed by atoms with Crippen molar-refractivity contribution in [3.63, 3.8) is 0 Å². The average Bonchev–Trinajstić information content (AvgIpc) is 2.78. The highest BCUT2D eigenvalue weighted by molar-refractivity contribution is 6.64. The Morgan fingerprint density at radius 3 is 1.44 bits per heavy atom. The number of methoxy groups -OCH3 is 1. The molecular weight excluding hydrogens is 489 g/mol. The Hall–Kier alpha value is 0.0406.